The Kier molecular flexibility index (Phi) is 5.43. The van der Waals surface area contributed by atoms with E-state index in [4.69, 9.17) is 5.73 Å². The summed E-state index contributed by atoms with van der Waals surface area (Å²) in [6.07, 6.45) is 2.74. The van der Waals surface area contributed by atoms with Gasteiger partial charge in [0, 0.05) is 5.56 Å². The van der Waals surface area contributed by atoms with Crippen LogP contribution in [-0.2, 0) is 11.2 Å². The number of benzene rings is 3. The van der Waals surface area contributed by atoms with E-state index in [9.17, 15) is 9.59 Å². The van der Waals surface area contributed by atoms with Gasteiger partial charge in [0.15, 0.2) is 0 Å². The largest absolute Gasteiger partial charge is 0.368 e. The van der Waals surface area contributed by atoms with Crippen molar-refractivity contribution in [3.05, 3.63) is 107 Å². The number of primary amides is 1. The summed E-state index contributed by atoms with van der Waals surface area (Å²) in [6, 6.07) is 25.6. The van der Waals surface area contributed by atoms with Crippen molar-refractivity contribution in [3.8, 4) is 0 Å². The number of carbonyl (C=O) groups excluding carboxylic acids is 2. The third kappa shape index (κ3) is 3.79. The van der Waals surface area contributed by atoms with Crippen LogP contribution >= 0.6 is 0 Å². The molecule has 0 aliphatic heterocycles. The number of hydrogen-bond acceptors (Lipinski definition) is 2. The van der Waals surface area contributed by atoms with Crippen molar-refractivity contribution in [1.29, 1.82) is 0 Å². The summed E-state index contributed by atoms with van der Waals surface area (Å²) in [6.45, 7) is 0. The van der Waals surface area contributed by atoms with Crippen LogP contribution in [0.15, 0.2) is 84.9 Å². The molecule has 1 aliphatic rings. The van der Waals surface area contributed by atoms with Crippen molar-refractivity contribution >= 4 is 11.8 Å². The average Bonchev–Trinajstić information content (AvgIpc) is 2.77. The number of nitrogens with zero attached hydrogens (tertiary/aromatic N) is 1. The number of amides is 2. The van der Waals surface area contributed by atoms with Gasteiger partial charge in [-0.05, 0) is 48.1 Å². The fourth-order valence-electron chi connectivity index (χ4n) is 4.28. The molecule has 0 saturated heterocycles. The summed E-state index contributed by atoms with van der Waals surface area (Å²) >= 11 is 0. The van der Waals surface area contributed by atoms with Crippen LogP contribution in [0.2, 0.25) is 0 Å². The summed E-state index contributed by atoms with van der Waals surface area (Å²) in [5.74, 6) is -0.705. The van der Waals surface area contributed by atoms with Gasteiger partial charge in [-0.3, -0.25) is 9.59 Å². The minimum atomic E-state index is -0.833. The maximum Gasteiger partial charge on any atom is 0.255 e. The molecule has 2 amide bonds. The van der Waals surface area contributed by atoms with Crippen LogP contribution in [-0.4, -0.2) is 16.7 Å². The van der Waals surface area contributed by atoms with Crippen LogP contribution in [0.4, 0.5) is 0 Å². The lowest BCUT2D eigenvalue weighted by Crippen LogP contribution is -2.44. The van der Waals surface area contributed by atoms with Gasteiger partial charge in [-0.15, -0.1) is 0 Å². The van der Waals surface area contributed by atoms with Crippen LogP contribution in [0, 0.1) is 0 Å². The van der Waals surface area contributed by atoms with Crippen molar-refractivity contribution in [2.45, 2.75) is 31.3 Å². The molecule has 0 saturated carbocycles. The maximum absolute atomic E-state index is 13.7. The molecule has 146 valence electrons. The molecular weight excluding hydrogens is 360 g/mol. The predicted octanol–water partition coefficient (Wildman–Crippen LogP) is 4.43. The molecule has 0 bridgehead atoms. The Bertz CT molecular complexity index is 1000. The lowest BCUT2D eigenvalue weighted by Gasteiger charge is -2.40. The second-order valence-electron chi connectivity index (χ2n) is 7.40. The molecule has 2 atom stereocenters. The Morgan fingerprint density at radius 3 is 2.17 bits per heavy atom. The second kappa shape index (κ2) is 8.31. The van der Waals surface area contributed by atoms with Crippen molar-refractivity contribution in [2.75, 3.05) is 0 Å². The maximum atomic E-state index is 13.7. The highest BCUT2D eigenvalue weighted by Crippen LogP contribution is 2.40. The minimum Gasteiger partial charge on any atom is -0.368 e. The molecule has 0 fully saturated rings. The number of aryl methyl sites for hydroxylation is 1. The normalized spacial score (nSPS) is 16.5. The summed E-state index contributed by atoms with van der Waals surface area (Å²) in [5.41, 5.74) is 9.49. The lowest BCUT2D eigenvalue weighted by molar-refractivity contribution is -0.123. The first-order chi connectivity index (χ1) is 14.2. The lowest BCUT2D eigenvalue weighted by atomic mass is 9.85. The number of hydrogen-bond donors (Lipinski definition) is 1. The Hall–Kier alpha value is -3.40. The second-order valence-corrected chi connectivity index (χ2v) is 7.40. The molecular formula is C25H24N2O2. The molecule has 4 nitrogen and oxygen atoms in total. The molecule has 3 aromatic carbocycles. The van der Waals surface area contributed by atoms with Crippen molar-refractivity contribution < 1.29 is 9.59 Å². The monoisotopic (exact) mass is 384 g/mol. The van der Waals surface area contributed by atoms with E-state index in [-0.39, 0.29) is 11.9 Å². The van der Waals surface area contributed by atoms with Gasteiger partial charge in [-0.1, -0.05) is 72.8 Å². The van der Waals surface area contributed by atoms with Gasteiger partial charge < -0.3 is 10.6 Å². The first-order valence-corrected chi connectivity index (χ1v) is 9.96. The van der Waals surface area contributed by atoms with Crippen molar-refractivity contribution in [3.63, 3.8) is 0 Å². The molecule has 29 heavy (non-hydrogen) atoms. The number of fused-ring (bicyclic) bond motifs is 1. The van der Waals surface area contributed by atoms with E-state index in [2.05, 4.69) is 12.1 Å². The summed E-state index contributed by atoms with van der Waals surface area (Å²) in [4.78, 5) is 28.1. The highest BCUT2D eigenvalue weighted by Gasteiger charge is 2.38. The highest BCUT2D eigenvalue weighted by molar-refractivity contribution is 5.98. The van der Waals surface area contributed by atoms with E-state index in [1.54, 1.807) is 17.0 Å². The molecule has 2 N–H and O–H groups in total. The minimum absolute atomic E-state index is 0.181. The van der Waals surface area contributed by atoms with E-state index in [1.807, 2.05) is 60.7 Å². The van der Waals surface area contributed by atoms with Gasteiger partial charge in [0.05, 0.1) is 6.04 Å². The zero-order valence-corrected chi connectivity index (χ0v) is 16.2. The van der Waals surface area contributed by atoms with E-state index < -0.39 is 11.9 Å². The van der Waals surface area contributed by atoms with E-state index in [0.29, 0.717) is 5.56 Å². The average molecular weight is 384 g/mol. The predicted molar refractivity (Wildman–Crippen MR) is 113 cm³/mol. The van der Waals surface area contributed by atoms with Gasteiger partial charge in [0.2, 0.25) is 5.91 Å². The topological polar surface area (TPSA) is 63.4 Å². The summed E-state index contributed by atoms with van der Waals surface area (Å²) in [7, 11) is 0. The number of carbonyl (C=O) groups is 2. The Labute approximate surface area is 171 Å². The molecule has 1 aliphatic carbocycles. The van der Waals surface area contributed by atoms with Gasteiger partial charge >= 0.3 is 0 Å². The molecule has 0 heterocycles. The molecule has 0 aromatic heterocycles. The number of nitrogens with two attached hydrogens (primary N) is 1. The molecule has 0 spiro atoms. The molecule has 3 aromatic rings. The third-order valence-corrected chi connectivity index (χ3v) is 5.59. The standard InChI is InChI=1S/C25H24N2O2/c26-24(28)23(19-11-3-1-4-12-19)27(25(29)20-13-5-2-6-14-20)22-17-9-15-18-10-7-8-16-21(18)22/h1-8,10-14,16,22-23H,9,15,17H2,(H2,26,28)/t22-,23-/m1/s1. The van der Waals surface area contributed by atoms with Gasteiger partial charge in [-0.25, -0.2) is 0 Å². The fourth-order valence-corrected chi connectivity index (χ4v) is 4.28. The van der Waals surface area contributed by atoms with E-state index >= 15 is 0 Å². The van der Waals surface area contributed by atoms with Crippen molar-refractivity contribution in [1.82, 2.24) is 4.90 Å². The summed E-state index contributed by atoms with van der Waals surface area (Å²) < 4.78 is 0. The van der Waals surface area contributed by atoms with Crippen LogP contribution in [0.3, 0.4) is 0 Å². The zero-order valence-electron chi connectivity index (χ0n) is 16.2. The van der Waals surface area contributed by atoms with Crippen LogP contribution in [0.25, 0.3) is 0 Å². The van der Waals surface area contributed by atoms with Gasteiger partial charge in [0.1, 0.15) is 6.04 Å². The zero-order chi connectivity index (χ0) is 20.2. The number of rotatable bonds is 5. The molecule has 4 heteroatoms. The molecule has 0 radical (unpaired) electrons. The van der Waals surface area contributed by atoms with E-state index in [0.717, 1.165) is 30.4 Å². The van der Waals surface area contributed by atoms with Crippen LogP contribution in [0.1, 0.15) is 52.0 Å². The SMILES string of the molecule is NC(=O)[C@@H](c1ccccc1)N(C(=O)c1ccccc1)[C@@H]1CCCc2ccccc21. The Morgan fingerprint density at radius 1 is 0.862 bits per heavy atom. The molecule has 4 rings (SSSR count). The molecule has 0 unspecified atom stereocenters. The Balaban J connectivity index is 1.86. The Morgan fingerprint density at radius 2 is 1.48 bits per heavy atom. The van der Waals surface area contributed by atoms with Crippen LogP contribution in [0.5, 0.6) is 0 Å². The van der Waals surface area contributed by atoms with Gasteiger partial charge in [-0.2, -0.15) is 0 Å². The fraction of sp³-hybridized carbons (Fsp3) is 0.200. The van der Waals surface area contributed by atoms with Crippen LogP contribution < -0.4 is 5.73 Å². The summed E-state index contributed by atoms with van der Waals surface area (Å²) in [5, 5.41) is 0. The van der Waals surface area contributed by atoms with Crippen molar-refractivity contribution in [2.24, 2.45) is 5.73 Å². The highest BCUT2D eigenvalue weighted by atomic mass is 16.2. The first kappa shape index (κ1) is 18.9. The smallest absolute Gasteiger partial charge is 0.255 e. The van der Waals surface area contributed by atoms with E-state index in [1.165, 1.54) is 5.56 Å². The quantitative estimate of drug-likeness (QED) is 0.707. The van der Waals surface area contributed by atoms with Gasteiger partial charge in [0.25, 0.3) is 5.91 Å². The third-order valence-electron chi connectivity index (χ3n) is 5.59. The first-order valence-electron chi connectivity index (χ1n) is 9.96.